The Bertz CT molecular complexity index is 663. The summed E-state index contributed by atoms with van der Waals surface area (Å²) in [4.78, 5) is 21.7. The minimum absolute atomic E-state index is 0.0184. The molecular formula is C24H45FN6O2+2. The summed E-state index contributed by atoms with van der Waals surface area (Å²) in [5, 5.41) is 6.25. The molecule has 1 amide bonds. The maximum Gasteiger partial charge on any atom is 0.220 e. The number of hydrogen-bond donors (Lipinski definition) is 5. The highest BCUT2D eigenvalue weighted by atomic mass is 19.1. The third-order valence-corrected chi connectivity index (χ3v) is 9.30. The Morgan fingerprint density at radius 1 is 1.12 bits per heavy atom. The van der Waals surface area contributed by atoms with E-state index in [-0.39, 0.29) is 30.1 Å². The van der Waals surface area contributed by atoms with Gasteiger partial charge in [0.15, 0.2) is 6.23 Å². The van der Waals surface area contributed by atoms with Gasteiger partial charge in [0.05, 0.1) is 25.8 Å². The highest BCUT2D eigenvalue weighted by Gasteiger charge is 2.45. The van der Waals surface area contributed by atoms with Gasteiger partial charge in [0.25, 0.3) is 0 Å². The molecule has 0 radical (unpaired) electrons. The Hall–Kier alpha value is -0.840. The number of alkyl halides is 1. The number of halogens is 1. The molecule has 8 atom stereocenters. The predicted octanol–water partition coefficient (Wildman–Crippen LogP) is -1.16. The fraction of sp³-hybridized carbons (Fsp3) is 0.958. The van der Waals surface area contributed by atoms with Crippen LogP contribution in [0.4, 0.5) is 4.39 Å². The molecule has 5 rings (SSSR count). The standard InChI is InChI=1S/C24H43FN6O2/c25-19-5-2-1-4-18(19)15-31-11-3-6-20(31)24-28-23(29-33-24)17-7-10-27-21(14-17)30-12-8-16(9-13-30)22(26)32/h16-21,23-24,27-29H,1-15H2,(H2,26,32)/p+2/t17?,18?,19?,20-,21?,23?,24?/m0/s1. The van der Waals surface area contributed by atoms with E-state index in [1.807, 2.05) is 0 Å². The maximum atomic E-state index is 14.5. The van der Waals surface area contributed by atoms with Gasteiger partial charge in [0, 0.05) is 56.5 Å². The first-order valence-electron chi connectivity index (χ1n) is 13.6. The lowest BCUT2D eigenvalue weighted by Gasteiger charge is -2.39. The number of likely N-dealkylation sites (tertiary alicyclic amines) is 2. The highest BCUT2D eigenvalue weighted by molar-refractivity contribution is 5.76. The quantitative estimate of drug-likeness (QED) is 0.339. The van der Waals surface area contributed by atoms with Gasteiger partial charge in [-0.2, -0.15) is 5.48 Å². The smallest absolute Gasteiger partial charge is 0.220 e. The van der Waals surface area contributed by atoms with Gasteiger partial charge in [-0.05, 0) is 25.7 Å². The molecular weight excluding hydrogens is 423 g/mol. The van der Waals surface area contributed by atoms with E-state index in [1.54, 1.807) is 0 Å². The summed E-state index contributed by atoms with van der Waals surface area (Å²) in [5.41, 5.74) is 8.85. The van der Waals surface area contributed by atoms with Crippen molar-refractivity contribution in [3.63, 3.8) is 0 Å². The van der Waals surface area contributed by atoms with Gasteiger partial charge in [-0.1, -0.05) is 12.8 Å². The molecule has 0 aromatic carbocycles. The summed E-state index contributed by atoms with van der Waals surface area (Å²) in [6.45, 7) is 5.14. The summed E-state index contributed by atoms with van der Waals surface area (Å²) >= 11 is 0. The number of amides is 1. The van der Waals surface area contributed by atoms with Crippen molar-refractivity contribution >= 4 is 5.91 Å². The van der Waals surface area contributed by atoms with Gasteiger partial charge in [0.2, 0.25) is 5.91 Å². The number of piperidine rings is 2. The molecule has 4 heterocycles. The normalized spacial score (nSPS) is 43.7. The number of nitrogens with one attached hydrogen (secondary N) is 3. The average molecular weight is 469 g/mol. The zero-order valence-electron chi connectivity index (χ0n) is 20.0. The van der Waals surface area contributed by atoms with Crippen molar-refractivity contribution in [2.45, 2.75) is 95.0 Å². The molecule has 0 spiro atoms. The predicted molar refractivity (Wildman–Crippen MR) is 122 cm³/mol. The molecule has 7 unspecified atom stereocenters. The molecule has 5 fully saturated rings. The van der Waals surface area contributed by atoms with Crippen LogP contribution in [0, 0.1) is 17.8 Å². The number of nitrogens with two attached hydrogens (primary N) is 2. The third kappa shape index (κ3) is 5.54. The Kier molecular flexibility index (Phi) is 7.84. The topological polar surface area (TPSA) is 101 Å². The number of primary amides is 1. The number of rotatable bonds is 6. The first kappa shape index (κ1) is 23.9. The Morgan fingerprint density at radius 2 is 1.94 bits per heavy atom. The van der Waals surface area contributed by atoms with Crippen LogP contribution in [0.1, 0.15) is 64.2 Å². The fourth-order valence-corrected chi connectivity index (χ4v) is 7.25. The van der Waals surface area contributed by atoms with Crippen LogP contribution in [0.25, 0.3) is 0 Å². The van der Waals surface area contributed by atoms with Crippen molar-refractivity contribution < 1.29 is 24.2 Å². The minimum atomic E-state index is -0.612. The minimum Gasteiger partial charge on any atom is -0.369 e. The van der Waals surface area contributed by atoms with Crippen molar-refractivity contribution in [2.75, 3.05) is 32.7 Å². The Balaban J connectivity index is 1.12. The second-order valence-corrected chi connectivity index (χ2v) is 11.3. The van der Waals surface area contributed by atoms with E-state index in [2.05, 4.69) is 21.0 Å². The highest BCUT2D eigenvalue weighted by Crippen LogP contribution is 2.27. The molecule has 9 heteroatoms. The van der Waals surface area contributed by atoms with Crippen molar-refractivity contribution in [2.24, 2.45) is 23.5 Å². The van der Waals surface area contributed by atoms with Crippen LogP contribution in [-0.4, -0.2) is 74.3 Å². The van der Waals surface area contributed by atoms with E-state index in [1.165, 1.54) is 24.2 Å². The number of carbonyl (C=O) groups excluding carboxylic acids is 1. The zero-order chi connectivity index (χ0) is 22.8. The van der Waals surface area contributed by atoms with Crippen molar-refractivity contribution in [1.82, 2.24) is 15.7 Å². The molecule has 1 aliphatic carbocycles. The van der Waals surface area contributed by atoms with E-state index >= 15 is 0 Å². The molecule has 33 heavy (non-hydrogen) atoms. The number of carbonyl (C=O) groups is 1. The van der Waals surface area contributed by atoms with Crippen LogP contribution in [0.15, 0.2) is 0 Å². The average Bonchev–Trinajstić information content (AvgIpc) is 3.50. The van der Waals surface area contributed by atoms with Crippen molar-refractivity contribution in [3.05, 3.63) is 0 Å². The van der Waals surface area contributed by atoms with Crippen LogP contribution in [0.5, 0.6) is 0 Å². The molecule has 8 nitrogen and oxygen atoms in total. The maximum absolute atomic E-state index is 14.5. The van der Waals surface area contributed by atoms with Gasteiger partial charge in [-0.15, -0.1) is 0 Å². The van der Waals surface area contributed by atoms with Gasteiger partial charge < -0.3 is 16.0 Å². The lowest BCUT2D eigenvalue weighted by Crippen LogP contribution is -3.16. The van der Waals surface area contributed by atoms with Crippen LogP contribution in [0.2, 0.25) is 0 Å². The number of quaternary nitrogens is 2. The number of nitrogens with zero attached hydrogens (tertiary/aromatic N) is 1. The van der Waals surface area contributed by atoms with E-state index in [0.717, 1.165) is 77.7 Å². The van der Waals surface area contributed by atoms with Gasteiger partial charge in [-0.3, -0.25) is 19.8 Å². The van der Waals surface area contributed by atoms with Gasteiger partial charge in [-0.25, -0.2) is 4.39 Å². The van der Waals surface area contributed by atoms with E-state index in [4.69, 9.17) is 10.6 Å². The Morgan fingerprint density at radius 3 is 2.73 bits per heavy atom. The summed E-state index contributed by atoms with van der Waals surface area (Å²) in [5.74, 6) is 0.660. The molecule has 4 aliphatic heterocycles. The monoisotopic (exact) mass is 468 g/mol. The third-order valence-electron chi connectivity index (χ3n) is 9.30. The van der Waals surface area contributed by atoms with Crippen LogP contribution >= 0.6 is 0 Å². The van der Waals surface area contributed by atoms with Crippen LogP contribution in [0.3, 0.4) is 0 Å². The second kappa shape index (κ2) is 10.8. The van der Waals surface area contributed by atoms with E-state index < -0.39 is 6.17 Å². The first-order chi connectivity index (χ1) is 16.1. The Labute approximate surface area is 197 Å². The first-order valence-corrected chi connectivity index (χ1v) is 13.6. The summed E-state index contributed by atoms with van der Waals surface area (Å²) in [6.07, 6.45) is 10.5. The molecule has 0 bridgehead atoms. The molecule has 4 saturated heterocycles. The molecule has 7 N–H and O–H groups in total. The van der Waals surface area contributed by atoms with Crippen molar-refractivity contribution in [3.8, 4) is 0 Å². The summed E-state index contributed by atoms with van der Waals surface area (Å²) in [7, 11) is 0. The summed E-state index contributed by atoms with van der Waals surface area (Å²) in [6, 6.07) is 0.412. The van der Waals surface area contributed by atoms with Crippen LogP contribution in [-0.2, 0) is 9.63 Å². The van der Waals surface area contributed by atoms with Crippen LogP contribution < -0.4 is 26.7 Å². The van der Waals surface area contributed by atoms with E-state index in [9.17, 15) is 9.18 Å². The molecule has 1 saturated carbocycles. The summed E-state index contributed by atoms with van der Waals surface area (Å²) < 4.78 is 14.5. The SMILES string of the molecule is NC(=O)C1CCN(C2CC(C3NOC([C@@H]4CCC[NH+]4CC4CCCCC4F)N3)CC[NH2+]2)CC1. The molecule has 5 aliphatic rings. The lowest BCUT2D eigenvalue weighted by molar-refractivity contribution is -0.920. The largest absolute Gasteiger partial charge is 0.369 e. The fourth-order valence-electron chi connectivity index (χ4n) is 7.25. The molecule has 188 valence electrons. The van der Waals surface area contributed by atoms with E-state index in [0.29, 0.717) is 18.1 Å². The molecule has 0 aromatic heterocycles. The van der Waals surface area contributed by atoms with Gasteiger partial charge >= 0.3 is 0 Å². The second-order valence-electron chi connectivity index (χ2n) is 11.3. The lowest BCUT2D eigenvalue weighted by atomic mass is 9.87. The zero-order valence-corrected chi connectivity index (χ0v) is 20.0. The number of hydroxylamine groups is 1. The van der Waals surface area contributed by atoms with Gasteiger partial charge in [0.1, 0.15) is 18.4 Å². The number of hydrogen-bond acceptors (Lipinski definition) is 5. The molecule has 0 aromatic rings. The van der Waals surface area contributed by atoms with Crippen molar-refractivity contribution in [1.29, 1.82) is 0 Å².